The van der Waals surface area contributed by atoms with Crippen molar-refractivity contribution in [1.29, 1.82) is 0 Å². The van der Waals surface area contributed by atoms with Gasteiger partial charge in [-0.25, -0.2) is 4.39 Å². The van der Waals surface area contributed by atoms with E-state index in [2.05, 4.69) is 26.3 Å². The van der Waals surface area contributed by atoms with Crippen molar-refractivity contribution < 1.29 is 9.18 Å². The van der Waals surface area contributed by atoms with Gasteiger partial charge in [-0.05, 0) is 35.0 Å². The molecule has 2 aromatic rings. The van der Waals surface area contributed by atoms with Crippen LogP contribution in [0.2, 0.25) is 0 Å². The van der Waals surface area contributed by atoms with Crippen molar-refractivity contribution in [2.45, 2.75) is 13.5 Å². The number of halogens is 2. The molecule has 4 nitrogen and oxygen atoms in total. The van der Waals surface area contributed by atoms with E-state index in [1.807, 2.05) is 6.92 Å². The van der Waals surface area contributed by atoms with Gasteiger partial charge in [-0.2, -0.15) is 5.10 Å². The molecule has 1 heterocycles. The maximum atomic E-state index is 13.4. The average Bonchev–Trinajstić information content (AvgIpc) is 2.73. The molecule has 0 radical (unpaired) electrons. The fourth-order valence-corrected chi connectivity index (χ4v) is 2.05. The molecule has 0 saturated carbocycles. The molecule has 0 aliphatic heterocycles. The Bertz CT molecular complexity index is 582. The first-order valence-electron chi connectivity index (χ1n) is 5.40. The highest BCUT2D eigenvalue weighted by molar-refractivity contribution is 9.10. The van der Waals surface area contributed by atoms with Crippen molar-refractivity contribution in [3.8, 4) is 0 Å². The summed E-state index contributed by atoms with van der Waals surface area (Å²) in [5.41, 5.74) is 0.527. The van der Waals surface area contributed by atoms with E-state index in [1.165, 1.54) is 12.1 Å². The van der Waals surface area contributed by atoms with E-state index in [0.29, 0.717) is 16.7 Å². The van der Waals surface area contributed by atoms with Crippen molar-refractivity contribution in [2.75, 3.05) is 5.32 Å². The monoisotopic (exact) mass is 311 g/mol. The second-order valence-electron chi connectivity index (χ2n) is 3.59. The first kappa shape index (κ1) is 12.8. The van der Waals surface area contributed by atoms with E-state index in [9.17, 15) is 9.18 Å². The smallest absolute Gasteiger partial charge is 0.275 e. The SMILES string of the molecule is CCn1ncc(Br)c1C(=O)Nc1ccccc1F. The van der Waals surface area contributed by atoms with Crippen molar-refractivity contribution in [3.63, 3.8) is 0 Å². The van der Waals surface area contributed by atoms with Gasteiger partial charge in [0.1, 0.15) is 11.5 Å². The summed E-state index contributed by atoms with van der Waals surface area (Å²) >= 11 is 3.25. The van der Waals surface area contributed by atoms with Crippen molar-refractivity contribution in [2.24, 2.45) is 0 Å². The lowest BCUT2D eigenvalue weighted by Gasteiger charge is -2.08. The molecule has 18 heavy (non-hydrogen) atoms. The van der Waals surface area contributed by atoms with Gasteiger partial charge in [-0.15, -0.1) is 0 Å². The highest BCUT2D eigenvalue weighted by Gasteiger charge is 2.17. The maximum Gasteiger partial charge on any atom is 0.275 e. The lowest BCUT2D eigenvalue weighted by Crippen LogP contribution is -2.18. The highest BCUT2D eigenvalue weighted by Crippen LogP contribution is 2.19. The standard InChI is InChI=1S/C12H11BrFN3O/c1-2-17-11(8(13)7-15-17)12(18)16-10-6-4-3-5-9(10)14/h3-7H,2H2,1H3,(H,16,18). The quantitative estimate of drug-likeness (QED) is 0.947. The number of hydrogen-bond donors (Lipinski definition) is 1. The van der Waals surface area contributed by atoms with E-state index >= 15 is 0 Å². The van der Waals surface area contributed by atoms with Gasteiger partial charge in [-0.3, -0.25) is 9.48 Å². The molecule has 0 bridgehead atoms. The Labute approximate surface area is 112 Å². The summed E-state index contributed by atoms with van der Waals surface area (Å²) in [7, 11) is 0. The third kappa shape index (κ3) is 2.43. The third-order valence-electron chi connectivity index (χ3n) is 2.43. The van der Waals surface area contributed by atoms with Crippen molar-refractivity contribution in [1.82, 2.24) is 9.78 Å². The highest BCUT2D eigenvalue weighted by atomic mass is 79.9. The Balaban J connectivity index is 2.28. The van der Waals surface area contributed by atoms with E-state index in [1.54, 1.807) is 23.0 Å². The number of carbonyl (C=O) groups is 1. The van der Waals surface area contributed by atoms with Crippen LogP contribution >= 0.6 is 15.9 Å². The minimum Gasteiger partial charge on any atom is -0.318 e. The number of rotatable bonds is 3. The Hall–Kier alpha value is -1.69. The zero-order valence-corrected chi connectivity index (χ0v) is 11.2. The third-order valence-corrected chi connectivity index (χ3v) is 3.01. The summed E-state index contributed by atoms with van der Waals surface area (Å²) in [6.45, 7) is 2.44. The molecule has 0 aliphatic carbocycles. The number of aryl methyl sites for hydroxylation is 1. The second-order valence-corrected chi connectivity index (χ2v) is 4.45. The summed E-state index contributed by atoms with van der Waals surface area (Å²) in [4.78, 5) is 12.1. The number of para-hydroxylation sites is 1. The number of nitrogens with one attached hydrogen (secondary N) is 1. The van der Waals surface area contributed by atoms with E-state index in [4.69, 9.17) is 0 Å². The lowest BCUT2D eigenvalue weighted by molar-refractivity contribution is 0.101. The van der Waals surface area contributed by atoms with Gasteiger partial charge in [0.2, 0.25) is 0 Å². The van der Waals surface area contributed by atoms with Crippen molar-refractivity contribution >= 4 is 27.5 Å². The zero-order chi connectivity index (χ0) is 13.1. The fourth-order valence-electron chi connectivity index (χ4n) is 1.57. The Kier molecular flexibility index (Phi) is 3.76. The largest absolute Gasteiger partial charge is 0.318 e. The number of nitrogens with zero attached hydrogens (tertiary/aromatic N) is 2. The molecular formula is C12H11BrFN3O. The minimum absolute atomic E-state index is 0.151. The maximum absolute atomic E-state index is 13.4. The first-order valence-corrected chi connectivity index (χ1v) is 6.20. The Morgan fingerprint density at radius 2 is 2.22 bits per heavy atom. The number of aromatic nitrogens is 2. The molecule has 0 unspecified atom stereocenters. The minimum atomic E-state index is -0.468. The molecule has 2 rings (SSSR count). The van der Waals surface area contributed by atoms with Gasteiger partial charge in [0, 0.05) is 6.54 Å². The molecule has 6 heteroatoms. The summed E-state index contributed by atoms with van der Waals surface area (Å²) in [6.07, 6.45) is 1.54. The van der Waals surface area contributed by atoms with Crippen LogP contribution in [0.3, 0.4) is 0 Å². The molecule has 0 saturated heterocycles. The van der Waals surface area contributed by atoms with E-state index in [-0.39, 0.29) is 5.69 Å². The molecule has 1 N–H and O–H groups in total. The van der Waals surface area contributed by atoms with Crippen LogP contribution in [-0.2, 0) is 6.54 Å². The fraction of sp³-hybridized carbons (Fsp3) is 0.167. The molecule has 94 valence electrons. The van der Waals surface area contributed by atoms with Crippen LogP contribution in [0.5, 0.6) is 0 Å². The predicted molar refractivity (Wildman–Crippen MR) is 70.0 cm³/mol. The van der Waals surface area contributed by atoms with Gasteiger partial charge in [-0.1, -0.05) is 12.1 Å². The van der Waals surface area contributed by atoms with E-state index in [0.717, 1.165) is 0 Å². The van der Waals surface area contributed by atoms with Crippen LogP contribution < -0.4 is 5.32 Å². The number of hydrogen-bond acceptors (Lipinski definition) is 2. The molecular weight excluding hydrogens is 301 g/mol. The van der Waals surface area contributed by atoms with Crippen LogP contribution in [0.1, 0.15) is 17.4 Å². The van der Waals surface area contributed by atoms with Crippen molar-refractivity contribution in [3.05, 3.63) is 46.4 Å². The van der Waals surface area contributed by atoms with Crippen LogP contribution in [0.4, 0.5) is 10.1 Å². The molecule has 1 amide bonds. The van der Waals surface area contributed by atoms with Crippen LogP contribution in [0, 0.1) is 5.82 Å². The topological polar surface area (TPSA) is 46.9 Å². The van der Waals surface area contributed by atoms with Gasteiger partial charge in [0.25, 0.3) is 5.91 Å². The van der Waals surface area contributed by atoms with Gasteiger partial charge >= 0.3 is 0 Å². The van der Waals surface area contributed by atoms with Crippen LogP contribution in [0.15, 0.2) is 34.9 Å². The van der Waals surface area contributed by atoms with Crippen LogP contribution in [0.25, 0.3) is 0 Å². The predicted octanol–water partition coefficient (Wildman–Crippen LogP) is 3.06. The number of amides is 1. The van der Waals surface area contributed by atoms with E-state index < -0.39 is 11.7 Å². The molecule has 1 aromatic carbocycles. The molecule has 0 fully saturated rings. The molecule has 0 spiro atoms. The van der Waals surface area contributed by atoms with Gasteiger partial charge < -0.3 is 5.32 Å². The average molecular weight is 312 g/mol. The Morgan fingerprint density at radius 3 is 2.89 bits per heavy atom. The second kappa shape index (κ2) is 5.30. The van der Waals surface area contributed by atoms with Gasteiger partial charge in [0.05, 0.1) is 16.4 Å². The zero-order valence-electron chi connectivity index (χ0n) is 9.65. The summed E-state index contributed by atoms with van der Waals surface area (Å²) in [5.74, 6) is -0.865. The summed E-state index contributed by atoms with van der Waals surface area (Å²) < 4.78 is 15.5. The number of anilines is 1. The van der Waals surface area contributed by atoms with Gasteiger partial charge in [0.15, 0.2) is 0 Å². The lowest BCUT2D eigenvalue weighted by atomic mass is 10.3. The number of carbonyl (C=O) groups excluding carboxylic acids is 1. The number of benzene rings is 1. The molecule has 1 aromatic heterocycles. The Morgan fingerprint density at radius 1 is 1.50 bits per heavy atom. The molecule has 0 aliphatic rings. The first-order chi connectivity index (χ1) is 8.63. The summed E-state index contributed by atoms with van der Waals surface area (Å²) in [5, 5.41) is 6.56. The summed E-state index contributed by atoms with van der Waals surface area (Å²) in [6, 6.07) is 6.03. The normalized spacial score (nSPS) is 10.4. The van der Waals surface area contributed by atoms with Crippen LogP contribution in [-0.4, -0.2) is 15.7 Å². The molecule has 0 atom stereocenters.